The summed E-state index contributed by atoms with van der Waals surface area (Å²) < 4.78 is 47.0. The van der Waals surface area contributed by atoms with Gasteiger partial charge in [-0.3, -0.25) is 20.1 Å². The highest BCUT2D eigenvalue weighted by Crippen LogP contribution is 2.35. The highest BCUT2D eigenvalue weighted by Gasteiger charge is 2.35. The summed E-state index contributed by atoms with van der Waals surface area (Å²) in [4.78, 5) is 14.4. The molecule has 0 radical (unpaired) electrons. The van der Waals surface area contributed by atoms with Gasteiger partial charge >= 0.3 is 6.18 Å². The number of aliphatic hydroxyl groups excluding tert-OH is 1. The van der Waals surface area contributed by atoms with E-state index in [4.69, 9.17) is 9.57 Å². The Morgan fingerprint density at radius 2 is 1.92 bits per heavy atom. The Morgan fingerprint density at radius 3 is 2.70 bits per heavy atom. The molecule has 0 amide bonds. The molecule has 7 nitrogen and oxygen atoms in total. The summed E-state index contributed by atoms with van der Waals surface area (Å²) in [5, 5.41) is 11.5. The first kappa shape index (κ1) is 25.9. The summed E-state index contributed by atoms with van der Waals surface area (Å²) in [6.45, 7) is 6.34. The van der Waals surface area contributed by atoms with E-state index < -0.39 is 17.8 Å². The predicted molar refractivity (Wildman–Crippen MR) is 136 cm³/mol. The molecule has 3 heterocycles. The van der Waals surface area contributed by atoms with Crippen LogP contribution in [0.3, 0.4) is 0 Å². The van der Waals surface area contributed by atoms with Crippen LogP contribution in [0.4, 0.5) is 13.2 Å². The molecule has 2 unspecified atom stereocenters. The van der Waals surface area contributed by atoms with E-state index in [1.165, 1.54) is 12.1 Å². The minimum Gasteiger partial charge on any atom is -0.491 e. The first-order valence-corrected chi connectivity index (χ1v) is 13.0. The molecule has 2 aliphatic heterocycles. The number of β-amino-alcohol motifs (C(OH)–C–C–N with tert-alkyl or cyclic N) is 1. The molecule has 5 rings (SSSR count). The van der Waals surface area contributed by atoms with Gasteiger partial charge in [-0.1, -0.05) is 18.2 Å². The summed E-state index contributed by atoms with van der Waals surface area (Å²) in [5.41, 5.74) is 3.31. The van der Waals surface area contributed by atoms with Crippen LogP contribution < -0.4 is 10.2 Å². The number of aromatic nitrogens is 1. The van der Waals surface area contributed by atoms with Crippen LogP contribution in [0.2, 0.25) is 0 Å². The number of nitrogens with zero attached hydrogens (tertiary/aromatic N) is 3. The summed E-state index contributed by atoms with van der Waals surface area (Å²) >= 11 is 1.64. The zero-order valence-corrected chi connectivity index (χ0v) is 21.2. The highest BCUT2D eigenvalue weighted by molar-refractivity contribution is 7.18. The van der Waals surface area contributed by atoms with Crippen molar-refractivity contribution in [3.05, 3.63) is 64.7 Å². The maximum Gasteiger partial charge on any atom is 0.417 e. The average Bonchev–Trinajstić information content (AvgIpc) is 3.48. The van der Waals surface area contributed by atoms with E-state index in [1.54, 1.807) is 23.5 Å². The second kappa shape index (κ2) is 11.0. The van der Waals surface area contributed by atoms with E-state index in [-0.39, 0.29) is 18.3 Å². The molecule has 0 spiro atoms. The van der Waals surface area contributed by atoms with Gasteiger partial charge in [-0.15, -0.1) is 11.3 Å². The number of hydrogen-bond donors (Lipinski definition) is 2. The molecule has 0 aliphatic carbocycles. The number of nitrogens with one attached hydrogen (secondary N) is 1. The van der Waals surface area contributed by atoms with Crippen LogP contribution in [0.25, 0.3) is 15.9 Å². The molecule has 11 heteroatoms. The van der Waals surface area contributed by atoms with Gasteiger partial charge in [0.05, 0.1) is 26.5 Å². The van der Waals surface area contributed by atoms with Crippen molar-refractivity contribution in [2.24, 2.45) is 0 Å². The van der Waals surface area contributed by atoms with Gasteiger partial charge in [0.15, 0.2) is 0 Å². The normalized spacial score (nSPS) is 20.1. The van der Waals surface area contributed by atoms with Crippen molar-refractivity contribution in [2.75, 3.05) is 45.9 Å². The van der Waals surface area contributed by atoms with E-state index in [0.29, 0.717) is 24.5 Å². The lowest BCUT2D eigenvalue weighted by Crippen LogP contribution is -2.50. The number of hydroxylamine groups is 1. The topological polar surface area (TPSA) is 70.1 Å². The average molecular weight is 535 g/mol. The van der Waals surface area contributed by atoms with E-state index in [9.17, 15) is 18.3 Å². The second-order valence-electron chi connectivity index (χ2n) is 9.31. The molecule has 1 fully saturated rings. The SMILES string of the molecule is Cc1nc2cc(OCC(O)CN3CCN(CC4C=C(c5ccccc5C(F)(F)F)NO4)CC3)ccc2s1. The number of rotatable bonds is 8. The van der Waals surface area contributed by atoms with Gasteiger partial charge in [0.1, 0.15) is 24.6 Å². The molecule has 0 saturated carbocycles. The smallest absolute Gasteiger partial charge is 0.417 e. The van der Waals surface area contributed by atoms with E-state index >= 15 is 0 Å². The largest absolute Gasteiger partial charge is 0.491 e. The molecule has 2 atom stereocenters. The van der Waals surface area contributed by atoms with E-state index in [1.807, 2.05) is 25.1 Å². The maximum atomic E-state index is 13.4. The number of fused-ring (bicyclic) bond motifs is 1. The van der Waals surface area contributed by atoms with Crippen molar-refractivity contribution in [1.29, 1.82) is 0 Å². The number of alkyl halides is 3. The zero-order chi connectivity index (χ0) is 26.0. The summed E-state index contributed by atoms with van der Waals surface area (Å²) in [7, 11) is 0. The summed E-state index contributed by atoms with van der Waals surface area (Å²) in [6.07, 6.45) is -3.69. The first-order valence-electron chi connectivity index (χ1n) is 12.2. The van der Waals surface area contributed by atoms with E-state index in [0.717, 1.165) is 47.5 Å². The van der Waals surface area contributed by atoms with Crippen molar-refractivity contribution >= 4 is 27.3 Å². The Balaban J connectivity index is 1.07. The van der Waals surface area contributed by atoms with Crippen LogP contribution >= 0.6 is 11.3 Å². The Labute approximate surface area is 217 Å². The van der Waals surface area contributed by atoms with Crippen molar-refractivity contribution in [3.8, 4) is 5.75 Å². The van der Waals surface area contributed by atoms with Crippen LogP contribution in [-0.4, -0.2) is 78.0 Å². The Hall–Kier alpha value is -2.70. The Kier molecular flexibility index (Phi) is 7.68. The van der Waals surface area contributed by atoms with Gasteiger partial charge in [0, 0.05) is 50.9 Å². The monoisotopic (exact) mass is 534 g/mol. The molecule has 1 aromatic heterocycles. The van der Waals surface area contributed by atoms with E-state index in [2.05, 4.69) is 20.3 Å². The van der Waals surface area contributed by atoms with Crippen LogP contribution in [0.1, 0.15) is 16.1 Å². The van der Waals surface area contributed by atoms with Gasteiger partial charge in [0.25, 0.3) is 0 Å². The molecule has 2 aliphatic rings. The van der Waals surface area contributed by atoms with Gasteiger partial charge in [-0.25, -0.2) is 4.98 Å². The molecule has 0 bridgehead atoms. The quantitative estimate of drug-likeness (QED) is 0.454. The lowest BCUT2D eigenvalue weighted by molar-refractivity contribution is -0.137. The molecule has 2 aromatic carbocycles. The van der Waals surface area contributed by atoms with Crippen molar-refractivity contribution < 1.29 is 27.9 Å². The third kappa shape index (κ3) is 6.42. The number of piperazine rings is 1. The number of aliphatic hydroxyl groups is 1. The number of hydrogen-bond acceptors (Lipinski definition) is 8. The molecule has 3 aromatic rings. The highest BCUT2D eigenvalue weighted by atomic mass is 32.1. The lowest BCUT2D eigenvalue weighted by atomic mass is 10.0. The lowest BCUT2D eigenvalue weighted by Gasteiger charge is -2.36. The number of thiazole rings is 1. The van der Waals surface area contributed by atoms with Gasteiger partial charge < -0.3 is 9.84 Å². The maximum absolute atomic E-state index is 13.4. The fourth-order valence-electron chi connectivity index (χ4n) is 4.66. The van der Waals surface area contributed by atoms with Crippen molar-refractivity contribution in [3.63, 3.8) is 0 Å². The zero-order valence-electron chi connectivity index (χ0n) is 20.4. The number of ether oxygens (including phenoxy) is 1. The number of benzene rings is 2. The minimum absolute atomic E-state index is 0.0835. The second-order valence-corrected chi connectivity index (χ2v) is 10.5. The van der Waals surface area contributed by atoms with Gasteiger partial charge in [-0.05, 0) is 31.2 Å². The van der Waals surface area contributed by atoms with Crippen LogP contribution in [-0.2, 0) is 11.0 Å². The molecule has 198 valence electrons. The number of halogens is 3. The van der Waals surface area contributed by atoms with Crippen molar-refractivity contribution in [1.82, 2.24) is 20.3 Å². The predicted octanol–water partition coefficient (Wildman–Crippen LogP) is 3.93. The van der Waals surface area contributed by atoms with Crippen molar-refractivity contribution in [2.45, 2.75) is 25.3 Å². The molecule has 1 saturated heterocycles. The Bertz CT molecular complexity index is 1260. The standard InChI is InChI=1S/C26H29F3N4O3S/c1-17-30-24-12-19(6-7-25(24)37-17)35-16-18(34)14-32-8-10-33(11-9-32)15-20-13-23(31-36-20)21-4-2-3-5-22(21)26(27,28)29/h2-7,12-13,18,20,31,34H,8-11,14-16H2,1H3. The summed E-state index contributed by atoms with van der Waals surface area (Å²) in [6, 6.07) is 11.3. The fourth-order valence-corrected chi connectivity index (χ4v) is 5.46. The van der Waals surface area contributed by atoms with Crippen LogP contribution in [0.5, 0.6) is 5.75 Å². The van der Waals surface area contributed by atoms with Crippen LogP contribution in [0.15, 0.2) is 48.5 Å². The molecular formula is C26H29F3N4O3S. The first-order chi connectivity index (χ1) is 17.7. The van der Waals surface area contributed by atoms with Gasteiger partial charge in [-0.2, -0.15) is 13.2 Å². The third-order valence-electron chi connectivity index (χ3n) is 6.48. The fraction of sp³-hybridized carbons (Fsp3) is 0.423. The third-order valence-corrected chi connectivity index (χ3v) is 7.43. The number of aryl methyl sites for hydroxylation is 1. The minimum atomic E-state index is -4.43. The molecule has 2 N–H and O–H groups in total. The summed E-state index contributed by atoms with van der Waals surface area (Å²) in [5.74, 6) is 0.692. The Morgan fingerprint density at radius 1 is 1.16 bits per heavy atom. The van der Waals surface area contributed by atoms with Crippen LogP contribution in [0, 0.1) is 6.92 Å². The molecule has 37 heavy (non-hydrogen) atoms. The molecular weight excluding hydrogens is 505 g/mol. The van der Waals surface area contributed by atoms with Gasteiger partial charge in [0.2, 0.25) is 0 Å².